The predicted molar refractivity (Wildman–Crippen MR) is 91.7 cm³/mol. The van der Waals surface area contributed by atoms with E-state index in [4.69, 9.17) is 11.6 Å². The Bertz CT molecular complexity index is 1070. The maximum atomic E-state index is 12.5. The molecule has 0 heterocycles. The van der Waals surface area contributed by atoms with Crippen molar-refractivity contribution >= 4 is 38.8 Å². The Labute approximate surface area is 147 Å². The van der Waals surface area contributed by atoms with Gasteiger partial charge in [0.2, 0.25) is 0 Å². The molecule has 2 aromatic rings. The van der Waals surface area contributed by atoms with E-state index >= 15 is 0 Å². The van der Waals surface area contributed by atoms with Crippen LogP contribution in [0.4, 0.5) is 5.69 Å². The molecule has 0 radical (unpaired) electrons. The molecular formula is C16H9ClN2O5S. The highest BCUT2D eigenvalue weighted by atomic mass is 35.5. The minimum absolute atomic E-state index is 0.0767. The van der Waals surface area contributed by atoms with E-state index in [0.717, 1.165) is 18.2 Å². The van der Waals surface area contributed by atoms with Crippen LogP contribution in [0.25, 0.3) is 0 Å². The molecule has 0 fully saturated rings. The Balaban J connectivity index is 2.12. The first-order valence-corrected chi connectivity index (χ1v) is 8.72. The van der Waals surface area contributed by atoms with E-state index in [1.165, 1.54) is 12.2 Å². The number of nitrogens with zero attached hydrogens (tertiary/aromatic N) is 2. The first-order valence-electron chi connectivity index (χ1n) is 6.90. The summed E-state index contributed by atoms with van der Waals surface area (Å²) in [5.41, 5.74) is 0.258. The molecule has 0 saturated heterocycles. The van der Waals surface area contributed by atoms with Gasteiger partial charge in [-0.25, -0.2) is 0 Å². The molecule has 0 aromatic heterocycles. The van der Waals surface area contributed by atoms with Gasteiger partial charge in [0.1, 0.15) is 5.02 Å². The van der Waals surface area contributed by atoms with Crippen LogP contribution in [0, 0.1) is 10.1 Å². The highest BCUT2D eigenvalue weighted by Gasteiger charge is 2.23. The van der Waals surface area contributed by atoms with E-state index in [1.807, 2.05) is 0 Å². The number of ketones is 1. The van der Waals surface area contributed by atoms with Crippen molar-refractivity contribution in [3.8, 4) is 0 Å². The lowest BCUT2D eigenvalue weighted by Crippen LogP contribution is -2.14. The zero-order valence-electron chi connectivity index (χ0n) is 12.4. The second-order valence-corrected chi connectivity index (χ2v) is 7.08. The number of hydrogen-bond acceptors (Lipinski definition) is 5. The lowest BCUT2D eigenvalue weighted by atomic mass is 9.95. The van der Waals surface area contributed by atoms with Crippen LogP contribution in [-0.2, 0) is 10.0 Å². The average Bonchev–Trinajstić information content (AvgIpc) is 2.57. The van der Waals surface area contributed by atoms with Gasteiger partial charge in [-0.3, -0.25) is 14.9 Å². The van der Waals surface area contributed by atoms with Crippen LogP contribution in [0.2, 0.25) is 5.02 Å². The first kappa shape index (κ1) is 17.0. The smallest absolute Gasteiger partial charge is 0.289 e. The highest BCUT2D eigenvalue weighted by Crippen LogP contribution is 2.28. The van der Waals surface area contributed by atoms with Crippen molar-refractivity contribution in [3.63, 3.8) is 0 Å². The van der Waals surface area contributed by atoms with E-state index in [1.54, 1.807) is 24.3 Å². The molecule has 2 aromatic carbocycles. The van der Waals surface area contributed by atoms with Crippen molar-refractivity contribution in [2.75, 3.05) is 0 Å². The monoisotopic (exact) mass is 376 g/mol. The quantitative estimate of drug-likeness (QED) is 0.604. The highest BCUT2D eigenvalue weighted by molar-refractivity contribution is 7.90. The molecule has 3 rings (SSSR count). The molecule has 0 N–H and O–H groups in total. The Kier molecular flexibility index (Phi) is 4.23. The van der Waals surface area contributed by atoms with Crippen LogP contribution in [0.1, 0.15) is 15.9 Å². The molecule has 0 unspecified atom stereocenters. The normalized spacial score (nSPS) is 15.2. The molecular weight excluding hydrogens is 368 g/mol. The number of fused-ring (bicyclic) bond motifs is 1. The minimum Gasteiger partial charge on any atom is -0.289 e. The fraction of sp³-hybridized carbons (Fsp3) is 0. The summed E-state index contributed by atoms with van der Waals surface area (Å²) >= 11 is 5.70. The van der Waals surface area contributed by atoms with Gasteiger partial charge in [-0.1, -0.05) is 35.9 Å². The minimum atomic E-state index is -4.23. The van der Waals surface area contributed by atoms with Crippen LogP contribution in [0.3, 0.4) is 0 Å². The number of allylic oxidation sites excluding steroid dienone is 2. The summed E-state index contributed by atoms with van der Waals surface area (Å²) in [6.45, 7) is 0. The van der Waals surface area contributed by atoms with E-state index in [-0.39, 0.29) is 21.4 Å². The van der Waals surface area contributed by atoms with Gasteiger partial charge in [0.05, 0.1) is 15.5 Å². The number of sulfonamides is 1. The Morgan fingerprint density at radius 2 is 1.72 bits per heavy atom. The van der Waals surface area contributed by atoms with Gasteiger partial charge in [-0.15, -0.1) is 0 Å². The van der Waals surface area contributed by atoms with Crippen molar-refractivity contribution < 1.29 is 18.1 Å². The van der Waals surface area contributed by atoms with Gasteiger partial charge in [0.25, 0.3) is 15.7 Å². The maximum absolute atomic E-state index is 12.5. The van der Waals surface area contributed by atoms with Gasteiger partial charge >= 0.3 is 0 Å². The fourth-order valence-corrected chi connectivity index (χ4v) is 3.52. The Hall–Kier alpha value is -2.84. The molecule has 0 bridgehead atoms. The lowest BCUT2D eigenvalue weighted by Gasteiger charge is -2.11. The molecule has 0 saturated carbocycles. The molecule has 1 aliphatic carbocycles. The molecule has 1 aliphatic rings. The molecule has 0 atom stereocenters. The van der Waals surface area contributed by atoms with Gasteiger partial charge in [-0.2, -0.15) is 12.8 Å². The summed E-state index contributed by atoms with van der Waals surface area (Å²) in [7, 11) is -4.23. The summed E-state index contributed by atoms with van der Waals surface area (Å²) < 4.78 is 28.7. The summed E-state index contributed by atoms with van der Waals surface area (Å²) in [5, 5.41) is 10.8. The van der Waals surface area contributed by atoms with Crippen molar-refractivity contribution in [1.29, 1.82) is 0 Å². The molecule has 7 nitrogen and oxygen atoms in total. The van der Waals surface area contributed by atoms with Crippen LogP contribution in [0.5, 0.6) is 0 Å². The topological polar surface area (TPSA) is 107 Å². The Morgan fingerprint density at radius 3 is 2.40 bits per heavy atom. The SMILES string of the molecule is O=C1C=CC(=NS(=O)(=O)c2ccc(Cl)c([N+](=O)[O-])c2)c2ccccc21. The first-order chi connectivity index (χ1) is 11.8. The third-order valence-corrected chi connectivity index (χ3v) is 5.10. The van der Waals surface area contributed by atoms with Crippen LogP contribution in [-0.4, -0.2) is 24.8 Å². The second kappa shape index (κ2) is 6.23. The van der Waals surface area contributed by atoms with Crippen LogP contribution in [0.15, 0.2) is 63.9 Å². The summed E-state index contributed by atoms with van der Waals surface area (Å²) in [6, 6.07) is 9.57. The maximum Gasteiger partial charge on any atom is 0.289 e. The molecule has 0 amide bonds. The number of benzene rings is 2. The second-order valence-electron chi connectivity index (χ2n) is 5.07. The fourth-order valence-electron chi connectivity index (χ4n) is 2.31. The molecule has 9 heteroatoms. The average molecular weight is 377 g/mol. The van der Waals surface area contributed by atoms with Crippen molar-refractivity contribution in [2.45, 2.75) is 4.90 Å². The zero-order valence-corrected chi connectivity index (χ0v) is 14.0. The number of rotatable bonds is 3. The van der Waals surface area contributed by atoms with Gasteiger partial charge in [0, 0.05) is 17.2 Å². The predicted octanol–water partition coefficient (Wildman–Crippen LogP) is 3.18. The number of halogens is 1. The van der Waals surface area contributed by atoms with Crippen molar-refractivity contribution in [1.82, 2.24) is 0 Å². The van der Waals surface area contributed by atoms with E-state index in [9.17, 15) is 23.3 Å². The summed E-state index contributed by atoms with van der Waals surface area (Å²) in [5.74, 6) is -0.255. The number of nitro benzene ring substituents is 1. The molecule has 0 aliphatic heterocycles. The van der Waals surface area contributed by atoms with E-state index in [2.05, 4.69) is 4.40 Å². The zero-order chi connectivity index (χ0) is 18.2. The van der Waals surface area contributed by atoms with Gasteiger partial charge in [-0.05, 0) is 24.3 Å². The molecule has 126 valence electrons. The number of hydrogen-bond donors (Lipinski definition) is 0. The number of nitro groups is 1. The standard InChI is InChI=1S/C16H9ClN2O5S/c17-13-6-5-10(9-15(13)19(21)22)25(23,24)18-14-7-8-16(20)12-4-2-1-3-11(12)14/h1-9H. The van der Waals surface area contributed by atoms with Crippen LogP contribution < -0.4 is 0 Å². The van der Waals surface area contributed by atoms with Crippen molar-refractivity contribution in [3.05, 3.63) is 80.9 Å². The third-order valence-electron chi connectivity index (χ3n) is 3.49. The van der Waals surface area contributed by atoms with E-state index < -0.39 is 20.6 Å². The number of carbonyl (C=O) groups excluding carboxylic acids is 1. The molecule has 25 heavy (non-hydrogen) atoms. The van der Waals surface area contributed by atoms with E-state index in [0.29, 0.717) is 11.1 Å². The largest absolute Gasteiger partial charge is 0.289 e. The number of carbonyl (C=O) groups is 1. The summed E-state index contributed by atoms with van der Waals surface area (Å²) in [4.78, 5) is 21.6. The van der Waals surface area contributed by atoms with Gasteiger partial charge < -0.3 is 0 Å². The lowest BCUT2D eigenvalue weighted by molar-refractivity contribution is -0.384. The van der Waals surface area contributed by atoms with Crippen molar-refractivity contribution in [2.24, 2.45) is 4.40 Å². The summed E-state index contributed by atoms with van der Waals surface area (Å²) in [6.07, 6.45) is 2.52. The Morgan fingerprint density at radius 1 is 1.04 bits per heavy atom. The van der Waals surface area contributed by atoms with Crippen LogP contribution >= 0.6 is 11.6 Å². The van der Waals surface area contributed by atoms with Gasteiger partial charge in [0.15, 0.2) is 5.78 Å². The third kappa shape index (κ3) is 3.21. The molecule has 0 spiro atoms.